The van der Waals surface area contributed by atoms with E-state index in [-0.39, 0.29) is 11.3 Å². The number of benzene rings is 2. The average Bonchev–Trinajstić information content (AvgIpc) is 2.75. The van der Waals surface area contributed by atoms with Crippen LogP contribution in [0, 0.1) is 0 Å². The number of carbonyl (C=O) groups is 1. The molecule has 0 aliphatic carbocycles. The van der Waals surface area contributed by atoms with E-state index >= 15 is 0 Å². The lowest BCUT2D eigenvalue weighted by Gasteiger charge is -2.15. The van der Waals surface area contributed by atoms with Crippen molar-refractivity contribution >= 4 is 55.1 Å². The van der Waals surface area contributed by atoms with Gasteiger partial charge in [0.2, 0.25) is 5.91 Å². The molecular formula is C16H12Br2ClNO. The summed E-state index contributed by atoms with van der Waals surface area (Å²) in [6, 6.07) is 11.9. The molecule has 0 saturated carbocycles. The Morgan fingerprint density at radius 2 is 1.95 bits per heavy atom. The van der Waals surface area contributed by atoms with E-state index in [1.807, 2.05) is 36.4 Å². The molecule has 0 spiro atoms. The van der Waals surface area contributed by atoms with Crippen molar-refractivity contribution in [2.24, 2.45) is 0 Å². The Morgan fingerprint density at radius 3 is 2.71 bits per heavy atom. The third-order valence-electron chi connectivity index (χ3n) is 3.70. The minimum Gasteiger partial charge on any atom is -0.315 e. The molecule has 2 nitrogen and oxygen atoms in total. The van der Waals surface area contributed by atoms with Crippen LogP contribution in [0.3, 0.4) is 0 Å². The van der Waals surface area contributed by atoms with Gasteiger partial charge in [-0.3, -0.25) is 4.79 Å². The van der Waals surface area contributed by atoms with Gasteiger partial charge in [-0.15, -0.1) is 11.6 Å². The van der Waals surface area contributed by atoms with Crippen molar-refractivity contribution in [1.29, 1.82) is 0 Å². The van der Waals surface area contributed by atoms with Gasteiger partial charge in [0.15, 0.2) is 0 Å². The molecule has 1 atom stereocenters. The molecule has 21 heavy (non-hydrogen) atoms. The van der Waals surface area contributed by atoms with E-state index in [0.29, 0.717) is 6.42 Å². The molecule has 0 N–H and O–H groups in total. The summed E-state index contributed by atoms with van der Waals surface area (Å²) < 4.78 is 1.96. The zero-order chi connectivity index (χ0) is 15.1. The highest BCUT2D eigenvalue weighted by molar-refractivity contribution is 9.11. The monoisotopic (exact) mass is 427 g/mol. The molecule has 1 heterocycles. The van der Waals surface area contributed by atoms with E-state index < -0.39 is 0 Å². The van der Waals surface area contributed by atoms with Crippen LogP contribution in [0.1, 0.15) is 22.1 Å². The van der Waals surface area contributed by atoms with Gasteiger partial charge in [-0.1, -0.05) is 44.0 Å². The summed E-state index contributed by atoms with van der Waals surface area (Å²) in [6.07, 6.45) is 0.447. The van der Waals surface area contributed by atoms with Crippen molar-refractivity contribution in [3.63, 3.8) is 0 Å². The lowest BCUT2D eigenvalue weighted by atomic mass is 10.0. The van der Waals surface area contributed by atoms with Crippen molar-refractivity contribution in [2.45, 2.75) is 11.8 Å². The van der Waals surface area contributed by atoms with Gasteiger partial charge in [-0.2, -0.15) is 0 Å². The quantitative estimate of drug-likeness (QED) is 0.611. The van der Waals surface area contributed by atoms with Gasteiger partial charge in [0.25, 0.3) is 0 Å². The smallest absolute Gasteiger partial charge is 0.231 e. The zero-order valence-electron chi connectivity index (χ0n) is 11.2. The number of hydrogen-bond donors (Lipinski definition) is 0. The van der Waals surface area contributed by atoms with E-state index in [9.17, 15) is 4.79 Å². The number of nitrogens with zero attached hydrogens (tertiary/aromatic N) is 1. The van der Waals surface area contributed by atoms with Crippen LogP contribution in [0.15, 0.2) is 45.3 Å². The van der Waals surface area contributed by atoms with Crippen LogP contribution in [0.25, 0.3) is 0 Å². The largest absolute Gasteiger partial charge is 0.315 e. The number of likely N-dealkylation sites (N-methyl/N-ethyl adjacent to an activating group) is 1. The van der Waals surface area contributed by atoms with Gasteiger partial charge in [-0.25, -0.2) is 0 Å². The Bertz CT molecular complexity index is 732. The second kappa shape index (κ2) is 5.75. The van der Waals surface area contributed by atoms with Crippen molar-refractivity contribution in [3.8, 4) is 0 Å². The molecule has 108 valence electrons. The summed E-state index contributed by atoms with van der Waals surface area (Å²) in [5.74, 6) is 0.122. The van der Waals surface area contributed by atoms with Gasteiger partial charge >= 0.3 is 0 Å². The number of anilines is 1. The lowest BCUT2D eigenvalue weighted by Crippen LogP contribution is -2.20. The average molecular weight is 430 g/mol. The van der Waals surface area contributed by atoms with Gasteiger partial charge in [0.05, 0.1) is 11.8 Å². The molecule has 0 radical (unpaired) electrons. The first kappa shape index (κ1) is 15.1. The Labute approximate surface area is 145 Å². The van der Waals surface area contributed by atoms with E-state index in [4.69, 9.17) is 11.6 Å². The van der Waals surface area contributed by atoms with Crippen molar-refractivity contribution in [2.75, 3.05) is 11.9 Å². The molecule has 2 aromatic carbocycles. The first-order valence-corrected chi connectivity index (χ1v) is 8.48. The molecule has 0 aromatic heterocycles. The van der Waals surface area contributed by atoms with Crippen LogP contribution in [0.2, 0.25) is 0 Å². The van der Waals surface area contributed by atoms with Gasteiger partial charge in [-0.05, 0) is 41.0 Å². The maximum Gasteiger partial charge on any atom is 0.231 e. The molecule has 1 amide bonds. The topological polar surface area (TPSA) is 20.3 Å². The minimum absolute atomic E-state index is 0.122. The first-order valence-electron chi connectivity index (χ1n) is 6.46. The fourth-order valence-corrected chi connectivity index (χ4v) is 3.84. The number of hydrogen-bond acceptors (Lipinski definition) is 1. The Morgan fingerprint density at radius 1 is 1.19 bits per heavy atom. The maximum atomic E-state index is 11.8. The normalized spacial score (nSPS) is 15.2. The number of alkyl halides is 1. The number of fused-ring (bicyclic) bond motifs is 1. The number of amides is 1. The molecule has 5 heteroatoms. The molecule has 0 fully saturated rings. The highest BCUT2D eigenvalue weighted by Crippen LogP contribution is 2.38. The number of halogens is 3. The summed E-state index contributed by atoms with van der Waals surface area (Å²) in [6.45, 7) is 0. The minimum atomic E-state index is -0.261. The van der Waals surface area contributed by atoms with Crippen LogP contribution in [-0.4, -0.2) is 13.0 Å². The summed E-state index contributed by atoms with van der Waals surface area (Å²) in [7, 11) is 1.80. The van der Waals surface area contributed by atoms with Crippen molar-refractivity contribution in [1.82, 2.24) is 0 Å². The maximum absolute atomic E-state index is 11.8. The van der Waals surface area contributed by atoms with Crippen molar-refractivity contribution < 1.29 is 4.79 Å². The lowest BCUT2D eigenvalue weighted by molar-refractivity contribution is -0.117. The molecule has 1 aliphatic heterocycles. The molecule has 3 rings (SSSR count). The van der Waals surface area contributed by atoms with E-state index in [2.05, 4.69) is 31.9 Å². The van der Waals surface area contributed by atoms with Crippen LogP contribution in [0.5, 0.6) is 0 Å². The summed E-state index contributed by atoms with van der Waals surface area (Å²) in [5, 5.41) is -0.261. The van der Waals surface area contributed by atoms with Crippen LogP contribution in [-0.2, 0) is 11.2 Å². The van der Waals surface area contributed by atoms with Gasteiger partial charge in [0, 0.05) is 21.7 Å². The number of carbonyl (C=O) groups excluding carboxylic acids is 1. The molecule has 0 saturated heterocycles. The Kier molecular flexibility index (Phi) is 4.12. The summed E-state index contributed by atoms with van der Waals surface area (Å²) in [4.78, 5) is 13.5. The molecule has 0 bridgehead atoms. The van der Waals surface area contributed by atoms with E-state index in [0.717, 1.165) is 31.3 Å². The predicted octanol–water partition coefficient (Wildman–Crippen LogP) is 5.06. The second-order valence-corrected chi connectivity index (χ2v) is 7.25. The standard InChI is InChI=1S/C16H12Br2ClNO/c1-20-14-5-2-9(6-10(14)7-15(20)21)16(19)12-8-11(17)3-4-13(12)18/h2-6,8,16H,7H2,1H3. The molecule has 1 aliphatic rings. The fraction of sp³-hybridized carbons (Fsp3) is 0.188. The highest BCUT2D eigenvalue weighted by atomic mass is 79.9. The highest BCUT2D eigenvalue weighted by Gasteiger charge is 2.25. The first-order chi connectivity index (χ1) is 9.97. The Hall–Kier alpha value is -0.840. The number of rotatable bonds is 2. The van der Waals surface area contributed by atoms with Gasteiger partial charge < -0.3 is 4.90 Å². The van der Waals surface area contributed by atoms with Crippen LogP contribution < -0.4 is 4.90 Å². The van der Waals surface area contributed by atoms with Gasteiger partial charge in [0.1, 0.15) is 0 Å². The van der Waals surface area contributed by atoms with Crippen LogP contribution >= 0.6 is 43.5 Å². The molecule has 1 unspecified atom stereocenters. The SMILES string of the molecule is CN1C(=O)Cc2cc(C(Cl)c3cc(Br)ccc3Br)ccc21. The third-order valence-corrected chi connectivity index (χ3v) is 5.41. The van der Waals surface area contributed by atoms with E-state index in [1.54, 1.807) is 11.9 Å². The van der Waals surface area contributed by atoms with Crippen LogP contribution in [0.4, 0.5) is 5.69 Å². The summed E-state index contributed by atoms with van der Waals surface area (Å²) in [5.41, 5.74) is 4.01. The predicted molar refractivity (Wildman–Crippen MR) is 93.1 cm³/mol. The molecule has 2 aromatic rings. The zero-order valence-corrected chi connectivity index (χ0v) is 15.2. The summed E-state index contributed by atoms with van der Waals surface area (Å²) >= 11 is 13.6. The van der Waals surface area contributed by atoms with E-state index in [1.165, 1.54) is 0 Å². The Balaban J connectivity index is 2.00. The second-order valence-electron chi connectivity index (χ2n) is 5.05. The third kappa shape index (κ3) is 2.77. The molecular weight excluding hydrogens is 417 g/mol. The fourth-order valence-electron chi connectivity index (χ4n) is 2.54. The van der Waals surface area contributed by atoms with Crippen molar-refractivity contribution in [3.05, 3.63) is 62.0 Å².